The summed E-state index contributed by atoms with van der Waals surface area (Å²) in [5, 5.41) is 17.9. The van der Waals surface area contributed by atoms with E-state index in [1.165, 1.54) is 10.9 Å². The van der Waals surface area contributed by atoms with Crippen molar-refractivity contribution in [1.29, 1.82) is 5.26 Å². The molecule has 7 nitrogen and oxygen atoms in total. The molecule has 4 rings (SSSR count). The van der Waals surface area contributed by atoms with Crippen molar-refractivity contribution in [1.82, 2.24) is 20.1 Å². The van der Waals surface area contributed by atoms with Crippen molar-refractivity contribution in [2.45, 2.75) is 26.4 Å². The van der Waals surface area contributed by atoms with E-state index in [0.717, 1.165) is 16.3 Å². The number of nitrogens with one attached hydrogen (secondary N) is 1. The molecule has 3 heterocycles. The number of aryl methyl sites for hydroxylation is 1. The molecule has 172 valence electrons. The molecule has 1 aliphatic rings. The van der Waals surface area contributed by atoms with E-state index >= 15 is 0 Å². The SMILES string of the molecule is C=C(/C=c1/nc(-n2cc(F)c(C)n2)cc/c1=C/C)CNC(=O)c1ccc2c(c1)C(C#N)COC2. The Morgan fingerprint density at radius 1 is 1.41 bits per heavy atom. The number of halogens is 1. The first-order valence-electron chi connectivity index (χ1n) is 10.8. The number of fused-ring (bicyclic) bond motifs is 1. The first-order chi connectivity index (χ1) is 16.4. The second kappa shape index (κ2) is 9.81. The Kier molecular flexibility index (Phi) is 6.66. The van der Waals surface area contributed by atoms with Gasteiger partial charge in [0.2, 0.25) is 0 Å². The monoisotopic (exact) mass is 457 g/mol. The molecule has 0 spiro atoms. The predicted octanol–water partition coefficient (Wildman–Crippen LogP) is 2.42. The van der Waals surface area contributed by atoms with Crippen LogP contribution in [-0.4, -0.2) is 33.8 Å². The van der Waals surface area contributed by atoms with E-state index in [1.807, 2.05) is 25.1 Å². The van der Waals surface area contributed by atoms with Gasteiger partial charge in [-0.1, -0.05) is 18.7 Å². The number of rotatable bonds is 5. The normalized spacial score (nSPS) is 16.1. The smallest absolute Gasteiger partial charge is 0.251 e. The van der Waals surface area contributed by atoms with Crippen LogP contribution in [0.25, 0.3) is 18.0 Å². The summed E-state index contributed by atoms with van der Waals surface area (Å²) < 4.78 is 20.5. The topological polar surface area (TPSA) is 92.8 Å². The molecule has 1 aromatic carbocycles. The lowest BCUT2D eigenvalue weighted by Gasteiger charge is -2.21. The van der Waals surface area contributed by atoms with Crippen LogP contribution in [0.2, 0.25) is 0 Å². The summed E-state index contributed by atoms with van der Waals surface area (Å²) >= 11 is 0. The molecule has 0 saturated carbocycles. The number of carbonyl (C=O) groups excluding carboxylic acids is 1. The minimum Gasteiger partial charge on any atom is -0.375 e. The van der Waals surface area contributed by atoms with E-state index in [1.54, 1.807) is 31.2 Å². The van der Waals surface area contributed by atoms with Gasteiger partial charge >= 0.3 is 0 Å². The van der Waals surface area contributed by atoms with Gasteiger partial charge in [-0.15, -0.1) is 0 Å². The number of amides is 1. The zero-order valence-corrected chi connectivity index (χ0v) is 19.0. The minimum atomic E-state index is -0.402. The minimum absolute atomic E-state index is 0.214. The first kappa shape index (κ1) is 23.1. The summed E-state index contributed by atoms with van der Waals surface area (Å²) in [6.07, 6.45) is 4.97. The van der Waals surface area contributed by atoms with Crippen molar-refractivity contribution in [3.63, 3.8) is 0 Å². The van der Waals surface area contributed by atoms with Crippen molar-refractivity contribution in [2.24, 2.45) is 0 Å². The Bertz CT molecular complexity index is 1410. The number of nitrogens with zero attached hydrogens (tertiary/aromatic N) is 4. The van der Waals surface area contributed by atoms with Crippen LogP contribution in [0.1, 0.15) is 40.0 Å². The van der Waals surface area contributed by atoms with Gasteiger partial charge in [0.15, 0.2) is 11.6 Å². The molecule has 1 aliphatic heterocycles. The van der Waals surface area contributed by atoms with Gasteiger partial charge < -0.3 is 10.1 Å². The molecule has 0 aliphatic carbocycles. The predicted molar refractivity (Wildman–Crippen MR) is 126 cm³/mol. The third-order valence-electron chi connectivity index (χ3n) is 5.63. The van der Waals surface area contributed by atoms with E-state index in [-0.39, 0.29) is 18.4 Å². The second-order valence-corrected chi connectivity index (χ2v) is 8.04. The van der Waals surface area contributed by atoms with Gasteiger partial charge in [-0.2, -0.15) is 10.4 Å². The zero-order chi connectivity index (χ0) is 24.2. The van der Waals surface area contributed by atoms with Gasteiger partial charge in [-0.3, -0.25) is 4.79 Å². The van der Waals surface area contributed by atoms with Crippen LogP contribution in [0.5, 0.6) is 0 Å². The molecule has 3 aromatic rings. The lowest BCUT2D eigenvalue weighted by Crippen LogP contribution is -2.31. The molecule has 34 heavy (non-hydrogen) atoms. The molecule has 0 fully saturated rings. The first-order valence-corrected chi connectivity index (χ1v) is 10.8. The van der Waals surface area contributed by atoms with Crippen molar-refractivity contribution >= 4 is 18.1 Å². The quantitative estimate of drug-likeness (QED) is 0.635. The van der Waals surface area contributed by atoms with Crippen LogP contribution in [0.4, 0.5) is 4.39 Å². The molecule has 0 radical (unpaired) electrons. The number of hydrogen-bond acceptors (Lipinski definition) is 5. The number of pyridine rings is 1. The molecular weight excluding hydrogens is 433 g/mol. The fraction of sp³-hybridized carbons (Fsp3) is 0.231. The fourth-order valence-electron chi connectivity index (χ4n) is 3.73. The molecule has 1 N–H and O–H groups in total. The van der Waals surface area contributed by atoms with Crippen LogP contribution >= 0.6 is 0 Å². The number of benzene rings is 1. The highest BCUT2D eigenvalue weighted by Gasteiger charge is 2.21. The Hall–Kier alpha value is -4.09. The van der Waals surface area contributed by atoms with Crippen molar-refractivity contribution in [2.75, 3.05) is 13.2 Å². The third kappa shape index (κ3) is 4.80. The third-order valence-corrected chi connectivity index (χ3v) is 5.63. The van der Waals surface area contributed by atoms with Gasteiger partial charge in [0.1, 0.15) is 0 Å². The van der Waals surface area contributed by atoms with E-state index in [2.05, 4.69) is 28.0 Å². The molecule has 8 heteroatoms. The van der Waals surface area contributed by atoms with E-state index in [0.29, 0.717) is 41.2 Å². The van der Waals surface area contributed by atoms with Crippen molar-refractivity contribution in [3.8, 4) is 11.9 Å². The van der Waals surface area contributed by atoms with Crippen LogP contribution in [-0.2, 0) is 11.3 Å². The van der Waals surface area contributed by atoms with Gasteiger partial charge in [0.05, 0.1) is 42.4 Å². The van der Waals surface area contributed by atoms with Crippen molar-refractivity contribution < 1.29 is 13.9 Å². The van der Waals surface area contributed by atoms with Crippen LogP contribution in [0, 0.1) is 24.1 Å². The summed E-state index contributed by atoms with van der Waals surface area (Å²) in [5.41, 5.74) is 3.17. The molecule has 0 saturated heterocycles. The lowest BCUT2D eigenvalue weighted by atomic mass is 9.92. The lowest BCUT2D eigenvalue weighted by molar-refractivity contribution is 0.0952. The molecule has 2 aromatic heterocycles. The van der Waals surface area contributed by atoms with Crippen LogP contribution in [0.3, 0.4) is 0 Å². The fourth-order valence-corrected chi connectivity index (χ4v) is 3.73. The Balaban J connectivity index is 1.51. The standard InChI is InChI=1S/C26H24FN5O2/c1-4-18-7-8-25(32-13-23(27)17(3)31-32)30-24(18)9-16(2)12-29-26(33)19-5-6-20-14-34-15-21(11-28)22(20)10-19/h4-10,13,21H,2,12,14-15H2,1,3H3,(H,29,33)/b18-4-,24-9+. The van der Waals surface area contributed by atoms with Gasteiger partial charge in [0.25, 0.3) is 5.91 Å². The molecule has 0 bridgehead atoms. The van der Waals surface area contributed by atoms with Crippen molar-refractivity contribution in [3.05, 3.63) is 87.4 Å². The van der Waals surface area contributed by atoms with E-state index < -0.39 is 5.82 Å². The summed E-state index contributed by atoms with van der Waals surface area (Å²) in [7, 11) is 0. The molecular formula is C26H24FN5O2. The highest BCUT2D eigenvalue weighted by atomic mass is 19.1. The van der Waals surface area contributed by atoms with E-state index in [9.17, 15) is 14.4 Å². The summed E-state index contributed by atoms with van der Waals surface area (Å²) in [5.74, 6) is -0.562. The van der Waals surface area contributed by atoms with Crippen LogP contribution in [0.15, 0.2) is 48.7 Å². The number of carbonyl (C=O) groups is 1. The number of ether oxygens (including phenoxy) is 1. The summed E-state index contributed by atoms with van der Waals surface area (Å²) in [6, 6.07) is 11.2. The van der Waals surface area contributed by atoms with E-state index in [4.69, 9.17) is 4.74 Å². The number of aromatic nitrogens is 3. The Labute approximate surface area is 196 Å². The molecule has 1 amide bonds. The Morgan fingerprint density at radius 2 is 2.24 bits per heavy atom. The van der Waals surface area contributed by atoms with Gasteiger partial charge in [-0.05, 0) is 66.1 Å². The van der Waals surface area contributed by atoms with Gasteiger partial charge in [-0.25, -0.2) is 14.1 Å². The average Bonchev–Trinajstić information content (AvgIpc) is 3.19. The highest BCUT2D eigenvalue weighted by molar-refractivity contribution is 5.94. The maximum absolute atomic E-state index is 13.7. The maximum atomic E-state index is 13.7. The number of nitriles is 1. The second-order valence-electron chi connectivity index (χ2n) is 8.04. The maximum Gasteiger partial charge on any atom is 0.251 e. The number of hydrogen-bond donors (Lipinski definition) is 1. The van der Waals surface area contributed by atoms with Gasteiger partial charge in [0, 0.05) is 12.1 Å². The largest absolute Gasteiger partial charge is 0.375 e. The summed E-state index contributed by atoms with van der Waals surface area (Å²) in [6.45, 7) is 8.51. The summed E-state index contributed by atoms with van der Waals surface area (Å²) in [4.78, 5) is 17.3. The molecule has 1 atom stereocenters. The Morgan fingerprint density at radius 3 is 2.94 bits per heavy atom. The average molecular weight is 458 g/mol. The zero-order valence-electron chi connectivity index (χ0n) is 19.0. The van der Waals surface area contributed by atoms with Crippen LogP contribution < -0.4 is 15.9 Å². The molecule has 1 unspecified atom stereocenters. The highest BCUT2D eigenvalue weighted by Crippen LogP contribution is 2.27.